The summed E-state index contributed by atoms with van der Waals surface area (Å²) in [6.45, 7) is 4.81. The molecule has 2 aromatic heterocycles. The van der Waals surface area contributed by atoms with E-state index in [1.54, 1.807) is 6.20 Å². The monoisotopic (exact) mass is 367 g/mol. The summed E-state index contributed by atoms with van der Waals surface area (Å²) in [5.41, 5.74) is 2.07. The summed E-state index contributed by atoms with van der Waals surface area (Å²) < 4.78 is 7.18. The van der Waals surface area contributed by atoms with Crippen molar-refractivity contribution in [3.8, 4) is 11.4 Å². The summed E-state index contributed by atoms with van der Waals surface area (Å²) in [4.78, 5) is 16.5. The second-order valence-corrected chi connectivity index (χ2v) is 6.71. The van der Waals surface area contributed by atoms with E-state index >= 15 is 0 Å². The smallest absolute Gasteiger partial charge is 0.226 e. The van der Waals surface area contributed by atoms with Gasteiger partial charge in [-0.25, -0.2) is 0 Å². The third kappa shape index (κ3) is 5.51. The first-order valence-electron chi connectivity index (χ1n) is 9.27. The molecule has 0 radical (unpaired) electrons. The number of carbonyl (C=O) groups excluding carboxylic acids is 1. The summed E-state index contributed by atoms with van der Waals surface area (Å²) in [6.07, 6.45) is 6.22. The van der Waals surface area contributed by atoms with Crippen LogP contribution < -0.4 is 5.32 Å². The molecule has 7 nitrogen and oxygen atoms in total. The van der Waals surface area contributed by atoms with Crippen LogP contribution in [0.25, 0.3) is 11.4 Å². The number of rotatable bonds is 9. The van der Waals surface area contributed by atoms with Gasteiger partial charge in [0.25, 0.3) is 0 Å². The van der Waals surface area contributed by atoms with Gasteiger partial charge < -0.3 is 9.84 Å². The van der Waals surface area contributed by atoms with Crippen LogP contribution in [0.4, 0.5) is 0 Å². The molecule has 1 aromatic carbocycles. The fourth-order valence-electron chi connectivity index (χ4n) is 2.87. The van der Waals surface area contributed by atoms with Gasteiger partial charge in [0, 0.05) is 43.4 Å². The average Bonchev–Trinajstić information content (AvgIpc) is 3.32. The number of aryl methyl sites for hydroxylation is 3. The number of carbonyl (C=O) groups is 1. The molecule has 0 spiro atoms. The summed E-state index contributed by atoms with van der Waals surface area (Å²) in [7, 11) is 0. The topological polar surface area (TPSA) is 85.8 Å². The summed E-state index contributed by atoms with van der Waals surface area (Å²) in [5.74, 6) is 1.20. The van der Waals surface area contributed by atoms with E-state index in [1.807, 2.05) is 55.1 Å². The number of hydrogen-bond acceptors (Lipinski definition) is 5. The van der Waals surface area contributed by atoms with Crippen molar-refractivity contribution in [2.45, 2.75) is 52.1 Å². The first-order valence-corrected chi connectivity index (χ1v) is 9.27. The quantitative estimate of drug-likeness (QED) is 0.628. The Bertz CT molecular complexity index is 857. The van der Waals surface area contributed by atoms with E-state index in [2.05, 4.69) is 20.6 Å². The zero-order valence-electron chi connectivity index (χ0n) is 15.8. The summed E-state index contributed by atoms with van der Waals surface area (Å²) in [5, 5.41) is 11.2. The van der Waals surface area contributed by atoms with Crippen LogP contribution in [-0.4, -0.2) is 31.9 Å². The number of nitrogens with zero attached hydrogens (tertiary/aromatic N) is 4. The van der Waals surface area contributed by atoms with E-state index in [9.17, 15) is 4.79 Å². The molecule has 1 atom stereocenters. The van der Waals surface area contributed by atoms with Crippen LogP contribution in [0.15, 0.2) is 47.2 Å². The van der Waals surface area contributed by atoms with Crippen molar-refractivity contribution < 1.29 is 9.32 Å². The van der Waals surface area contributed by atoms with Crippen LogP contribution in [0.3, 0.4) is 0 Å². The Labute approximate surface area is 158 Å². The predicted molar refractivity (Wildman–Crippen MR) is 102 cm³/mol. The van der Waals surface area contributed by atoms with E-state index < -0.39 is 0 Å². The Morgan fingerprint density at radius 3 is 2.93 bits per heavy atom. The molecule has 0 aliphatic carbocycles. The minimum Gasteiger partial charge on any atom is -0.354 e. The Kier molecular flexibility index (Phi) is 6.35. The molecule has 27 heavy (non-hydrogen) atoms. The maximum atomic E-state index is 12.1. The van der Waals surface area contributed by atoms with Crippen molar-refractivity contribution >= 4 is 5.91 Å². The highest BCUT2D eigenvalue weighted by Gasteiger charge is 2.12. The highest BCUT2D eigenvalue weighted by atomic mass is 16.5. The van der Waals surface area contributed by atoms with Crippen LogP contribution in [0.2, 0.25) is 0 Å². The van der Waals surface area contributed by atoms with Gasteiger partial charge in [-0.2, -0.15) is 10.1 Å². The second kappa shape index (κ2) is 9.12. The number of nitrogens with one attached hydrogen (secondary N) is 1. The zero-order valence-corrected chi connectivity index (χ0v) is 15.8. The first kappa shape index (κ1) is 18.8. The van der Waals surface area contributed by atoms with E-state index in [-0.39, 0.29) is 11.9 Å². The maximum Gasteiger partial charge on any atom is 0.226 e. The SMILES string of the molecule is Cc1ccccc1-c1noc(CCCC(=O)N[C@H](C)CCn2cccn2)n1. The largest absolute Gasteiger partial charge is 0.354 e. The van der Waals surface area contributed by atoms with Crippen LogP contribution >= 0.6 is 0 Å². The number of aromatic nitrogens is 4. The Morgan fingerprint density at radius 2 is 2.15 bits per heavy atom. The molecular weight excluding hydrogens is 342 g/mol. The molecular formula is C20H25N5O2. The van der Waals surface area contributed by atoms with Gasteiger partial charge in [0.2, 0.25) is 17.6 Å². The molecule has 7 heteroatoms. The highest BCUT2D eigenvalue weighted by molar-refractivity contribution is 5.76. The molecule has 0 aliphatic rings. The third-order valence-corrected chi connectivity index (χ3v) is 4.41. The third-order valence-electron chi connectivity index (χ3n) is 4.41. The predicted octanol–water partition coefficient (Wildman–Crippen LogP) is 3.16. The molecule has 0 aliphatic heterocycles. The van der Waals surface area contributed by atoms with Crippen molar-refractivity contribution in [2.24, 2.45) is 0 Å². The molecule has 142 valence electrons. The lowest BCUT2D eigenvalue weighted by atomic mass is 10.1. The Hall–Kier alpha value is -2.96. The fourth-order valence-corrected chi connectivity index (χ4v) is 2.87. The Balaban J connectivity index is 1.39. The lowest BCUT2D eigenvalue weighted by Crippen LogP contribution is -2.33. The molecule has 3 rings (SSSR count). The number of hydrogen-bond donors (Lipinski definition) is 1. The second-order valence-electron chi connectivity index (χ2n) is 6.71. The summed E-state index contributed by atoms with van der Waals surface area (Å²) >= 11 is 0. The van der Waals surface area contributed by atoms with E-state index in [0.717, 1.165) is 24.1 Å². The minimum atomic E-state index is 0.0432. The molecule has 0 saturated heterocycles. The van der Waals surface area contributed by atoms with E-state index in [0.29, 0.717) is 31.0 Å². The number of amides is 1. The average molecular weight is 367 g/mol. The van der Waals surface area contributed by atoms with Gasteiger partial charge in [0.05, 0.1) is 0 Å². The van der Waals surface area contributed by atoms with Crippen LogP contribution in [-0.2, 0) is 17.8 Å². The summed E-state index contributed by atoms with van der Waals surface area (Å²) in [6, 6.07) is 9.93. The van der Waals surface area contributed by atoms with Crippen LogP contribution in [0.5, 0.6) is 0 Å². The van der Waals surface area contributed by atoms with Gasteiger partial charge >= 0.3 is 0 Å². The van der Waals surface area contributed by atoms with Crippen molar-refractivity contribution in [3.05, 3.63) is 54.2 Å². The lowest BCUT2D eigenvalue weighted by Gasteiger charge is -2.13. The molecule has 0 bridgehead atoms. The van der Waals surface area contributed by atoms with Gasteiger partial charge in [-0.1, -0.05) is 29.4 Å². The molecule has 2 heterocycles. The van der Waals surface area contributed by atoms with E-state index in [4.69, 9.17) is 4.52 Å². The molecule has 0 unspecified atom stereocenters. The van der Waals surface area contributed by atoms with E-state index in [1.165, 1.54) is 0 Å². The van der Waals surface area contributed by atoms with Crippen molar-refractivity contribution in [1.82, 2.24) is 25.2 Å². The van der Waals surface area contributed by atoms with Gasteiger partial charge in [0.1, 0.15) is 0 Å². The first-order chi connectivity index (χ1) is 13.1. The van der Waals surface area contributed by atoms with Gasteiger partial charge in [-0.05, 0) is 38.3 Å². The van der Waals surface area contributed by atoms with Crippen molar-refractivity contribution in [3.63, 3.8) is 0 Å². The van der Waals surface area contributed by atoms with Gasteiger partial charge in [-0.15, -0.1) is 0 Å². The zero-order chi connectivity index (χ0) is 19.1. The van der Waals surface area contributed by atoms with Crippen LogP contribution in [0, 0.1) is 6.92 Å². The van der Waals surface area contributed by atoms with Crippen LogP contribution in [0.1, 0.15) is 37.6 Å². The lowest BCUT2D eigenvalue weighted by molar-refractivity contribution is -0.121. The van der Waals surface area contributed by atoms with Crippen molar-refractivity contribution in [2.75, 3.05) is 0 Å². The molecule has 1 amide bonds. The molecule has 0 fully saturated rings. The fraction of sp³-hybridized carbons (Fsp3) is 0.400. The molecule has 3 aromatic rings. The Morgan fingerprint density at radius 1 is 1.30 bits per heavy atom. The normalized spacial score (nSPS) is 12.1. The minimum absolute atomic E-state index is 0.0432. The molecule has 0 saturated carbocycles. The highest BCUT2D eigenvalue weighted by Crippen LogP contribution is 2.20. The van der Waals surface area contributed by atoms with Crippen molar-refractivity contribution in [1.29, 1.82) is 0 Å². The molecule has 1 N–H and O–H groups in total. The van der Waals surface area contributed by atoms with Gasteiger partial charge in [-0.3, -0.25) is 9.48 Å². The number of benzene rings is 1. The maximum absolute atomic E-state index is 12.1. The van der Waals surface area contributed by atoms with Gasteiger partial charge in [0.15, 0.2) is 0 Å². The standard InChI is InChI=1S/C20H25N5O2/c1-15-7-3-4-8-17(15)20-23-19(27-24-20)10-5-9-18(26)22-16(2)11-14-25-13-6-12-21-25/h3-4,6-8,12-13,16H,5,9-11,14H2,1-2H3,(H,22,26)/t16-/m1/s1.